The van der Waals surface area contributed by atoms with Crippen molar-refractivity contribution in [3.63, 3.8) is 0 Å². The number of benzene rings is 1. The summed E-state index contributed by atoms with van der Waals surface area (Å²) in [7, 11) is 3.22. The molecule has 0 atom stereocenters. The highest BCUT2D eigenvalue weighted by atomic mass is 16.2. The number of likely N-dealkylation sites (N-methyl/N-ethyl adjacent to an activating group) is 1. The van der Waals surface area contributed by atoms with Gasteiger partial charge in [-0.3, -0.25) is 14.2 Å². The van der Waals surface area contributed by atoms with Crippen LogP contribution in [0.3, 0.4) is 0 Å². The van der Waals surface area contributed by atoms with Crippen LogP contribution < -0.4 is 16.1 Å². The van der Waals surface area contributed by atoms with Gasteiger partial charge in [-0.15, -0.1) is 0 Å². The molecular formula is C19H23N5O3. The maximum atomic E-state index is 12.9. The number of fused-ring (bicyclic) bond motifs is 1. The fourth-order valence-corrected chi connectivity index (χ4v) is 3.37. The van der Waals surface area contributed by atoms with E-state index in [1.54, 1.807) is 23.6 Å². The number of hydrogen-bond donors (Lipinski definition) is 0. The summed E-state index contributed by atoms with van der Waals surface area (Å²) in [6.45, 7) is 5.90. The second kappa shape index (κ2) is 6.86. The smallest absolute Gasteiger partial charge is 0.328 e. The summed E-state index contributed by atoms with van der Waals surface area (Å²) in [6, 6.07) is 5.86. The van der Waals surface area contributed by atoms with Gasteiger partial charge in [0.1, 0.15) is 6.54 Å². The molecule has 0 radical (unpaired) electrons. The van der Waals surface area contributed by atoms with E-state index in [1.807, 2.05) is 39.0 Å². The van der Waals surface area contributed by atoms with Gasteiger partial charge >= 0.3 is 5.69 Å². The Hall–Kier alpha value is -3.16. The molecule has 0 aliphatic carbocycles. The first-order chi connectivity index (χ1) is 12.7. The minimum Gasteiger partial charge on any atom is -0.328 e. The van der Waals surface area contributed by atoms with Gasteiger partial charge < -0.3 is 9.47 Å². The lowest BCUT2D eigenvalue weighted by Gasteiger charge is -2.22. The van der Waals surface area contributed by atoms with Crippen LogP contribution in [0.25, 0.3) is 11.2 Å². The molecule has 0 bridgehead atoms. The Balaban J connectivity index is 2.06. The Labute approximate surface area is 156 Å². The van der Waals surface area contributed by atoms with Crippen molar-refractivity contribution in [3.05, 3.63) is 56.5 Å². The predicted octanol–water partition coefficient (Wildman–Crippen LogP) is 1.10. The third-order valence-electron chi connectivity index (χ3n) is 4.63. The lowest BCUT2D eigenvalue weighted by molar-refractivity contribution is -0.119. The van der Waals surface area contributed by atoms with Gasteiger partial charge in [0.2, 0.25) is 5.91 Å². The van der Waals surface area contributed by atoms with E-state index in [-0.39, 0.29) is 12.5 Å². The number of amides is 1. The Kier molecular flexibility index (Phi) is 4.73. The highest BCUT2D eigenvalue weighted by Gasteiger charge is 2.20. The van der Waals surface area contributed by atoms with Crippen LogP contribution in [0.5, 0.6) is 0 Å². The largest absolute Gasteiger partial charge is 0.332 e. The van der Waals surface area contributed by atoms with Gasteiger partial charge in [-0.2, -0.15) is 0 Å². The third kappa shape index (κ3) is 3.18. The van der Waals surface area contributed by atoms with Crippen molar-refractivity contribution in [3.8, 4) is 0 Å². The number of nitrogens with zero attached hydrogens (tertiary/aromatic N) is 5. The lowest BCUT2D eigenvalue weighted by atomic mass is 10.1. The van der Waals surface area contributed by atoms with Gasteiger partial charge in [-0.05, 0) is 44.0 Å². The number of aryl methyl sites for hydroxylation is 4. The maximum Gasteiger partial charge on any atom is 0.332 e. The molecule has 142 valence electrons. The maximum absolute atomic E-state index is 12.9. The summed E-state index contributed by atoms with van der Waals surface area (Å²) in [4.78, 5) is 44.0. The van der Waals surface area contributed by atoms with Crippen LogP contribution in [-0.4, -0.2) is 31.1 Å². The van der Waals surface area contributed by atoms with Crippen molar-refractivity contribution in [1.29, 1.82) is 0 Å². The first-order valence-corrected chi connectivity index (χ1v) is 8.74. The molecule has 0 aliphatic rings. The molecule has 2 aromatic heterocycles. The second-order valence-corrected chi connectivity index (χ2v) is 6.74. The van der Waals surface area contributed by atoms with E-state index in [4.69, 9.17) is 0 Å². The molecule has 0 aliphatic heterocycles. The summed E-state index contributed by atoms with van der Waals surface area (Å²) in [6.07, 6.45) is 1.48. The fraction of sp³-hybridized carbons (Fsp3) is 0.368. The average Bonchev–Trinajstić information content (AvgIpc) is 2.98. The molecule has 0 fully saturated rings. The Morgan fingerprint density at radius 2 is 1.74 bits per heavy atom. The monoisotopic (exact) mass is 369 g/mol. The van der Waals surface area contributed by atoms with Crippen molar-refractivity contribution >= 4 is 22.8 Å². The highest BCUT2D eigenvalue weighted by molar-refractivity contribution is 5.93. The normalized spacial score (nSPS) is 11.1. The number of hydrogen-bond acceptors (Lipinski definition) is 4. The van der Waals surface area contributed by atoms with E-state index in [9.17, 15) is 14.4 Å². The lowest BCUT2D eigenvalue weighted by Crippen LogP contribution is -2.44. The predicted molar refractivity (Wildman–Crippen MR) is 104 cm³/mol. The number of carbonyl (C=O) groups excluding carboxylic acids is 1. The van der Waals surface area contributed by atoms with Crippen LogP contribution in [0.4, 0.5) is 5.69 Å². The first kappa shape index (κ1) is 18.6. The minimum atomic E-state index is -0.559. The van der Waals surface area contributed by atoms with Crippen LogP contribution in [0.2, 0.25) is 0 Å². The Bertz CT molecular complexity index is 1130. The van der Waals surface area contributed by atoms with E-state index in [0.717, 1.165) is 21.4 Å². The Morgan fingerprint density at radius 1 is 1.11 bits per heavy atom. The highest BCUT2D eigenvalue weighted by Crippen LogP contribution is 2.19. The summed E-state index contributed by atoms with van der Waals surface area (Å²) >= 11 is 0. The van der Waals surface area contributed by atoms with Gasteiger partial charge in [-0.1, -0.05) is 6.07 Å². The zero-order valence-corrected chi connectivity index (χ0v) is 16.2. The molecule has 0 N–H and O–H groups in total. The fourth-order valence-electron chi connectivity index (χ4n) is 3.37. The number of rotatable bonds is 4. The minimum absolute atomic E-state index is 0.291. The van der Waals surface area contributed by atoms with E-state index >= 15 is 0 Å². The van der Waals surface area contributed by atoms with Crippen LogP contribution in [-0.2, 0) is 25.4 Å². The average molecular weight is 369 g/mol. The van der Waals surface area contributed by atoms with Gasteiger partial charge in [0.05, 0.1) is 6.33 Å². The number of anilines is 1. The second-order valence-electron chi connectivity index (χ2n) is 6.74. The molecule has 27 heavy (non-hydrogen) atoms. The summed E-state index contributed by atoms with van der Waals surface area (Å²) < 4.78 is 3.81. The molecule has 3 aromatic rings. The number of carbonyl (C=O) groups is 1. The number of aromatic nitrogens is 4. The van der Waals surface area contributed by atoms with Gasteiger partial charge in [-0.25, -0.2) is 14.3 Å². The molecule has 1 aromatic carbocycles. The molecule has 8 nitrogen and oxygen atoms in total. The van der Waals surface area contributed by atoms with Gasteiger partial charge in [0, 0.05) is 26.3 Å². The molecule has 0 saturated heterocycles. The zero-order chi connectivity index (χ0) is 19.9. The van der Waals surface area contributed by atoms with Gasteiger partial charge in [0.15, 0.2) is 11.2 Å². The number of imidazole rings is 1. The zero-order valence-electron chi connectivity index (χ0n) is 16.2. The van der Waals surface area contributed by atoms with Crippen molar-refractivity contribution < 1.29 is 4.79 Å². The third-order valence-corrected chi connectivity index (χ3v) is 4.63. The quantitative estimate of drug-likeness (QED) is 0.690. The first-order valence-electron chi connectivity index (χ1n) is 8.74. The summed E-state index contributed by atoms with van der Waals surface area (Å²) in [5.41, 5.74) is 2.36. The van der Waals surface area contributed by atoms with Crippen molar-refractivity contribution in [1.82, 2.24) is 18.7 Å². The molecular weight excluding hydrogens is 346 g/mol. The molecule has 1 amide bonds. The molecule has 0 spiro atoms. The molecule has 0 saturated carbocycles. The standard InChI is InChI=1S/C19H23N5O3/c1-6-23(14-8-12(2)7-13(3)9-14)15(25)10-24-18(26)16-17(20-11-21(16)4)22(5)19(24)27/h7-9,11H,6,10H2,1-5H3. The van der Waals surface area contributed by atoms with Crippen molar-refractivity contribution in [2.24, 2.45) is 14.1 Å². The molecule has 2 heterocycles. The van der Waals surface area contributed by atoms with Crippen LogP contribution in [0, 0.1) is 13.8 Å². The van der Waals surface area contributed by atoms with Crippen LogP contribution in [0.1, 0.15) is 18.1 Å². The van der Waals surface area contributed by atoms with E-state index < -0.39 is 11.2 Å². The molecule has 0 unspecified atom stereocenters. The van der Waals surface area contributed by atoms with Crippen LogP contribution in [0.15, 0.2) is 34.1 Å². The molecule has 3 rings (SSSR count). The topological polar surface area (TPSA) is 82.1 Å². The van der Waals surface area contributed by atoms with E-state index in [0.29, 0.717) is 17.7 Å². The van der Waals surface area contributed by atoms with Crippen molar-refractivity contribution in [2.45, 2.75) is 27.3 Å². The van der Waals surface area contributed by atoms with Gasteiger partial charge in [0.25, 0.3) is 5.56 Å². The molecule has 8 heteroatoms. The van der Waals surface area contributed by atoms with Crippen LogP contribution >= 0.6 is 0 Å². The summed E-state index contributed by atoms with van der Waals surface area (Å²) in [5.74, 6) is -0.316. The Morgan fingerprint density at radius 3 is 2.33 bits per heavy atom. The van der Waals surface area contributed by atoms with Crippen molar-refractivity contribution in [2.75, 3.05) is 11.4 Å². The SMILES string of the molecule is CCN(C(=O)Cn1c(=O)c2c(ncn2C)n(C)c1=O)c1cc(C)cc(C)c1. The summed E-state index contributed by atoms with van der Waals surface area (Å²) in [5, 5.41) is 0. The van der Waals surface area contributed by atoms with E-state index in [2.05, 4.69) is 4.98 Å². The van der Waals surface area contributed by atoms with E-state index in [1.165, 1.54) is 10.9 Å².